The van der Waals surface area contributed by atoms with E-state index in [-0.39, 0.29) is 5.41 Å². The second kappa shape index (κ2) is 1.90. The third-order valence-corrected chi connectivity index (χ3v) is 1.35. The van der Waals surface area contributed by atoms with Gasteiger partial charge in [-0.25, -0.2) is 0 Å². The Balaban J connectivity index is 2.90. The summed E-state index contributed by atoms with van der Waals surface area (Å²) in [6.45, 7) is 6.52. The van der Waals surface area contributed by atoms with Crippen molar-refractivity contribution in [2.75, 3.05) is 0 Å². The van der Waals surface area contributed by atoms with Crippen LogP contribution in [-0.2, 0) is 5.41 Å². The van der Waals surface area contributed by atoms with Crippen LogP contribution in [0.2, 0.25) is 0 Å². The van der Waals surface area contributed by atoms with E-state index in [1.807, 2.05) is 6.20 Å². The lowest BCUT2D eigenvalue weighted by Gasteiger charge is -2.14. The largest absolute Gasteiger partial charge is 0.360 e. The van der Waals surface area contributed by atoms with Gasteiger partial charge in [0.1, 0.15) is 0 Å². The molecule has 0 atom stereocenters. The lowest BCUT2D eigenvalue weighted by atomic mass is 9.89. The van der Waals surface area contributed by atoms with E-state index < -0.39 is 0 Å². The Morgan fingerprint density at radius 2 is 2.11 bits per heavy atom. The Bertz CT molecular complexity index is 167. The molecule has 0 fully saturated rings. The highest BCUT2D eigenvalue weighted by Crippen LogP contribution is 2.19. The number of H-pyrrole nitrogens is 1. The molecule has 0 aliphatic carbocycles. The molecular formula is C8H12N. The summed E-state index contributed by atoms with van der Waals surface area (Å²) in [5.41, 5.74) is 1.47. The summed E-state index contributed by atoms with van der Waals surface area (Å²) in [4.78, 5) is 2.91. The van der Waals surface area contributed by atoms with Gasteiger partial charge in [0.15, 0.2) is 0 Å². The van der Waals surface area contributed by atoms with Gasteiger partial charge in [-0.2, -0.15) is 0 Å². The number of nitrogens with one attached hydrogen (secondary N) is 1. The van der Waals surface area contributed by atoms with Crippen LogP contribution >= 0.6 is 0 Å². The normalized spacial score (nSPS) is 11.9. The van der Waals surface area contributed by atoms with Gasteiger partial charge in [-0.3, -0.25) is 0 Å². The molecule has 1 N–H and O–H groups in total. The summed E-state index contributed by atoms with van der Waals surface area (Å²) >= 11 is 0. The molecule has 0 aromatic carbocycles. The van der Waals surface area contributed by atoms with Crippen molar-refractivity contribution in [3.63, 3.8) is 0 Å². The van der Waals surface area contributed by atoms with Gasteiger partial charge < -0.3 is 4.98 Å². The first-order valence-corrected chi connectivity index (χ1v) is 3.16. The van der Waals surface area contributed by atoms with Gasteiger partial charge in [0.25, 0.3) is 0 Å². The van der Waals surface area contributed by atoms with E-state index in [2.05, 4.69) is 38.0 Å². The van der Waals surface area contributed by atoms with Crippen molar-refractivity contribution >= 4 is 0 Å². The fourth-order valence-corrected chi connectivity index (χ4v) is 0.724. The molecule has 0 saturated carbocycles. The molecule has 49 valence electrons. The van der Waals surface area contributed by atoms with Crippen LogP contribution in [0.4, 0.5) is 0 Å². The Hall–Kier alpha value is -0.720. The van der Waals surface area contributed by atoms with Crippen molar-refractivity contribution in [1.29, 1.82) is 0 Å². The Morgan fingerprint density at radius 3 is 2.33 bits per heavy atom. The lowest BCUT2D eigenvalue weighted by molar-refractivity contribution is 0.590. The molecule has 1 rings (SSSR count). The second-order valence-corrected chi connectivity index (χ2v) is 3.27. The Morgan fingerprint density at radius 1 is 1.44 bits per heavy atom. The number of hydrogen-bond acceptors (Lipinski definition) is 0. The van der Waals surface area contributed by atoms with E-state index in [4.69, 9.17) is 0 Å². The minimum absolute atomic E-state index is 0.236. The van der Waals surface area contributed by atoms with E-state index >= 15 is 0 Å². The van der Waals surface area contributed by atoms with Crippen LogP contribution in [0.15, 0.2) is 12.3 Å². The molecule has 0 aliphatic rings. The summed E-state index contributed by atoms with van der Waals surface area (Å²) in [7, 11) is 0. The minimum atomic E-state index is 0.236. The molecule has 0 spiro atoms. The van der Waals surface area contributed by atoms with Gasteiger partial charge in [-0.1, -0.05) is 20.8 Å². The molecular weight excluding hydrogens is 110 g/mol. The van der Waals surface area contributed by atoms with Crippen molar-refractivity contribution in [2.24, 2.45) is 0 Å². The molecule has 1 nitrogen and oxygen atoms in total. The topological polar surface area (TPSA) is 15.8 Å². The molecule has 0 saturated heterocycles. The fourth-order valence-electron chi connectivity index (χ4n) is 0.724. The summed E-state index contributed by atoms with van der Waals surface area (Å²) in [5.74, 6) is 0. The van der Waals surface area contributed by atoms with Gasteiger partial charge in [-0.05, 0) is 17.0 Å². The highest BCUT2D eigenvalue weighted by Gasteiger charge is 2.12. The summed E-state index contributed by atoms with van der Waals surface area (Å²) in [6.07, 6.45) is 4.96. The quantitative estimate of drug-likeness (QED) is 0.542. The van der Waals surface area contributed by atoms with Crippen molar-refractivity contribution < 1.29 is 0 Å². The van der Waals surface area contributed by atoms with Gasteiger partial charge in [0, 0.05) is 6.20 Å². The highest BCUT2D eigenvalue weighted by atomic mass is 14.6. The molecule has 1 radical (unpaired) electrons. The zero-order valence-electron chi connectivity index (χ0n) is 6.15. The van der Waals surface area contributed by atoms with Crippen molar-refractivity contribution in [1.82, 2.24) is 4.98 Å². The van der Waals surface area contributed by atoms with Crippen molar-refractivity contribution in [2.45, 2.75) is 26.2 Å². The second-order valence-electron chi connectivity index (χ2n) is 3.27. The smallest absolute Gasteiger partial charge is 0.0660 e. The van der Waals surface area contributed by atoms with Crippen molar-refractivity contribution in [3.8, 4) is 0 Å². The van der Waals surface area contributed by atoms with Crippen LogP contribution < -0.4 is 0 Å². The number of hydrogen-bond donors (Lipinski definition) is 1. The predicted molar refractivity (Wildman–Crippen MR) is 38.3 cm³/mol. The Labute approximate surface area is 56.1 Å². The third-order valence-electron chi connectivity index (χ3n) is 1.35. The van der Waals surface area contributed by atoms with Gasteiger partial charge in [0.2, 0.25) is 0 Å². The molecule has 0 amide bonds. The summed E-state index contributed by atoms with van der Waals surface area (Å²) in [6, 6.07) is 2.06. The fraction of sp³-hybridized carbons (Fsp3) is 0.500. The molecule has 9 heavy (non-hydrogen) atoms. The predicted octanol–water partition coefficient (Wildman–Crippen LogP) is 2.11. The molecule has 0 aliphatic heterocycles. The number of aromatic amines is 1. The maximum absolute atomic E-state index is 3.05. The summed E-state index contributed by atoms with van der Waals surface area (Å²) in [5, 5.41) is 0. The van der Waals surface area contributed by atoms with Crippen LogP contribution in [0.5, 0.6) is 0 Å². The SMILES string of the molecule is CC(C)(C)c1[c][nH]cc1. The zero-order valence-corrected chi connectivity index (χ0v) is 6.15. The number of rotatable bonds is 0. The monoisotopic (exact) mass is 122 g/mol. The first kappa shape index (κ1) is 6.40. The maximum Gasteiger partial charge on any atom is 0.0660 e. The third kappa shape index (κ3) is 1.35. The van der Waals surface area contributed by atoms with E-state index in [0.717, 1.165) is 0 Å². The molecule has 1 aromatic rings. The highest BCUT2D eigenvalue weighted by molar-refractivity contribution is 5.16. The molecule has 1 aromatic heterocycles. The average Bonchev–Trinajstić information content (AvgIpc) is 2.08. The molecule has 0 unspecified atom stereocenters. The number of aromatic nitrogens is 1. The average molecular weight is 122 g/mol. The van der Waals surface area contributed by atoms with Crippen LogP contribution in [0.25, 0.3) is 0 Å². The lowest BCUT2D eigenvalue weighted by Crippen LogP contribution is -2.09. The zero-order chi connectivity index (χ0) is 6.91. The molecule has 0 bridgehead atoms. The first-order chi connectivity index (χ1) is 4.11. The van der Waals surface area contributed by atoms with E-state index in [1.54, 1.807) is 0 Å². The van der Waals surface area contributed by atoms with Gasteiger partial charge in [-0.15, -0.1) is 0 Å². The van der Waals surface area contributed by atoms with E-state index in [9.17, 15) is 0 Å². The van der Waals surface area contributed by atoms with Gasteiger partial charge in [0.05, 0.1) is 6.20 Å². The maximum atomic E-state index is 3.05. The van der Waals surface area contributed by atoms with E-state index in [0.29, 0.717) is 0 Å². The van der Waals surface area contributed by atoms with Crippen LogP contribution in [-0.4, -0.2) is 4.98 Å². The first-order valence-electron chi connectivity index (χ1n) is 3.16. The molecule has 1 heterocycles. The van der Waals surface area contributed by atoms with Crippen LogP contribution in [0, 0.1) is 6.20 Å². The molecule has 1 heteroatoms. The van der Waals surface area contributed by atoms with Crippen LogP contribution in [0.1, 0.15) is 26.3 Å². The summed E-state index contributed by atoms with van der Waals surface area (Å²) < 4.78 is 0. The van der Waals surface area contributed by atoms with Crippen LogP contribution in [0.3, 0.4) is 0 Å². The standard InChI is InChI=1S/C8H12N/c1-8(2,3)7-4-5-9-6-7/h4-5,9H,1-3H3. The van der Waals surface area contributed by atoms with E-state index in [1.165, 1.54) is 5.56 Å². The minimum Gasteiger partial charge on any atom is -0.360 e. The Kier molecular flexibility index (Phi) is 1.35. The van der Waals surface area contributed by atoms with Crippen molar-refractivity contribution in [3.05, 3.63) is 24.0 Å². The van der Waals surface area contributed by atoms with Gasteiger partial charge >= 0.3 is 0 Å².